The predicted octanol–water partition coefficient (Wildman–Crippen LogP) is 2.19. The molecule has 0 bridgehead atoms. The van der Waals surface area contributed by atoms with Gasteiger partial charge in [0.2, 0.25) is 0 Å². The number of hydrogen-bond acceptors (Lipinski definition) is 2. The molecule has 0 saturated heterocycles. The largest absolute Gasteiger partial charge is 0.496 e. The Bertz CT molecular complexity index is 307. The van der Waals surface area contributed by atoms with Gasteiger partial charge in [-0.25, -0.2) is 0 Å². The van der Waals surface area contributed by atoms with Crippen molar-refractivity contribution in [2.45, 2.75) is 13.0 Å². The van der Waals surface area contributed by atoms with Crippen LogP contribution < -0.4 is 10.5 Å². The average molecular weight is 177 g/mol. The smallest absolute Gasteiger partial charge is 0.124 e. The van der Waals surface area contributed by atoms with Gasteiger partial charge in [0.05, 0.1) is 13.2 Å². The van der Waals surface area contributed by atoms with Crippen molar-refractivity contribution in [3.63, 3.8) is 0 Å². The summed E-state index contributed by atoms with van der Waals surface area (Å²) in [5.41, 5.74) is 8.02. The molecule has 0 saturated carbocycles. The summed E-state index contributed by atoms with van der Waals surface area (Å²) in [7, 11) is 1.65. The van der Waals surface area contributed by atoms with Gasteiger partial charge >= 0.3 is 0 Å². The lowest BCUT2D eigenvalue weighted by molar-refractivity contribution is 0.407. The minimum atomic E-state index is -0.156. The molecule has 2 N–H and O–H groups in total. The Balaban J connectivity index is 3.22. The van der Waals surface area contributed by atoms with E-state index >= 15 is 0 Å². The zero-order valence-corrected chi connectivity index (χ0v) is 8.08. The van der Waals surface area contributed by atoms with Crippen molar-refractivity contribution in [2.24, 2.45) is 5.73 Å². The third-order valence-electron chi connectivity index (χ3n) is 2.09. The summed E-state index contributed by atoms with van der Waals surface area (Å²) in [6, 6.07) is 5.72. The molecular formula is C11H15NO. The Morgan fingerprint density at radius 2 is 2.23 bits per heavy atom. The zero-order chi connectivity index (χ0) is 9.84. The van der Waals surface area contributed by atoms with Gasteiger partial charge in [-0.1, -0.05) is 18.2 Å². The van der Waals surface area contributed by atoms with Gasteiger partial charge in [-0.2, -0.15) is 0 Å². The molecule has 2 heteroatoms. The number of aryl methyl sites for hydroxylation is 1. The second-order valence-corrected chi connectivity index (χ2v) is 2.95. The van der Waals surface area contributed by atoms with Crippen LogP contribution in [0, 0.1) is 6.92 Å². The molecule has 0 fully saturated rings. The molecular weight excluding hydrogens is 162 g/mol. The number of nitrogens with two attached hydrogens (primary N) is 1. The molecule has 1 aromatic rings. The van der Waals surface area contributed by atoms with Crippen molar-refractivity contribution in [3.05, 3.63) is 42.0 Å². The number of hydrogen-bond donors (Lipinski definition) is 1. The van der Waals surface area contributed by atoms with Gasteiger partial charge < -0.3 is 10.5 Å². The van der Waals surface area contributed by atoms with Gasteiger partial charge in [-0.15, -0.1) is 6.58 Å². The van der Waals surface area contributed by atoms with Crippen LogP contribution in [0.25, 0.3) is 0 Å². The number of methoxy groups -OCH3 is 1. The number of rotatable bonds is 3. The molecule has 0 aliphatic heterocycles. The number of benzene rings is 1. The van der Waals surface area contributed by atoms with Crippen LogP contribution in [0.1, 0.15) is 17.2 Å². The van der Waals surface area contributed by atoms with E-state index in [1.54, 1.807) is 13.2 Å². The van der Waals surface area contributed by atoms with E-state index in [0.717, 1.165) is 16.9 Å². The Morgan fingerprint density at radius 3 is 2.77 bits per heavy atom. The van der Waals surface area contributed by atoms with Crippen molar-refractivity contribution >= 4 is 0 Å². The molecule has 1 rings (SSSR count). The third kappa shape index (κ3) is 1.90. The van der Waals surface area contributed by atoms with Crippen LogP contribution in [0.3, 0.4) is 0 Å². The molecule has 13 heavy (non-hydrogen) atoms. The lowest BCUT2D eigenvalue weighted by Gasteiger charge is -2.14. The van der Waals surface area contributed by atoms with Crippen LogP contribution >= 0.6 is 0 Å². The van der Waals surface area contributed by atoms with Crippen molar-refractivity contribution in [3.8, 4) is 5.75 Å². The van der Waals surface area contributed by atoms with E-state index in [9.17, 15) is 0 Å². The van der Waals surface area contributed by atoms with Crippen molar-refractivity contribution in [1.29, 1.82) is 0 Å². The van der Waals surface area contributed by atoms with E-state index in [-0.39, 0.29) is 6.04 Å². The maximum atomic E-state index is 5.87. The fourth-order valence-corrected chi connectivity index (χ4v) is 1.38. The summed E-state index contributed by atoms with van der Waals surface area (Å²) in [6.45, 7) is 5.69. The van der Waals surface area contributed by atoms with E-state index in [0.29, 0.717) is 0 Å². The highest BCUT2D eigenvalue weighted by molar-refractivity contribution is 5.43. The van der Waals surface area contributed by atoms with E-state index in [2.05, 4.69) is 6.58 Å². The normalized spacial score (nSPS) is 12.2. The molecule has 70 valence electrons. The first-order chi connectivity index (χ1) is 6.20. The van der Waals surface area contributed by atoms with Crippen LogP contribution in [0.5, 0.6) is 5.75 Å². The van der Waals surface area contributed by atoms with Gasteiger partial charge in [0, 0.05) is 5.56 Å². The summed E-state index contributed by atoms with van der Waals surface area (Å²) >= 11 is 0. The monoisotopic (exact) mass is 177 g/mol. The molecule has 0 aromatic heterocycles. The molecule has 1 unspecified atom stereocenters. The maximum Gasteiger partial charge on any atom is 0.124 e. The zero-order valence-electron chi connectivity index (χ0n) is 8.08. The van der Waals surface area contributed by atoms with Gasteiger partial charge in [0.25, 0.3) is 0 Å². The summed E-state index contributed by atoms with van der Waals surface area (Å²) in [6.07, 6.45) is 1.71. The van der Waals surface area contributed by atoms with Crippen molar-refractivity contribution in [2.75, 3.05) is 7.11 Å². The minimum Gasteiger partial charge on any atom is -0.496 e. The minimum absolute atomic E-state index is 0.156. The molecule has 0 heterocycles. The van der Waals surface area contributed by atoms with Gasteiger partial charge in [0.1, 0.15) is 5.75 Å². The molecule has 1 aromatic carbocycles. The van der Waals surface area contributed by atoms with Crippen LogP contribution in [0.15, 0.2) is 30.9 Å². The predicted molar refractivity (Wildman–Crippen MR) is 54.9 cm³/mol. The fourth-order valence-electron chi connectivity index (χ4n) is 1.38. The molecule has 0 aliphatic carbocycles. The first-order valence-corrected chi connectivity index (χ1v) is 4.22. The quantitative estimate of drug-likeness (QED) is 0.718. The summed E-state index contributed by atoms with van der Waals surface area (Å²) in [5, 5.41) is 0. The SMILES string of the molecule is C=CC(N)c1c(C)cccc1OC. The van der Waals surface area contributed by atoms with Gasteiger partial charge in [0.15, 0.2) is 0 Å². The van der Waals surface area contributed by atoms with Crippen molar-refractivity contribution in [1.82, 2.24) is 0 Å². The highest BCUT2D eigenvalue weighted by Gasteiger charge is 2.10. The van der Waals surface area contributed by atoms with E-state index in [1.165, 1.54) is 0 Å². The molecule has 0 radical (unpaired) electrons. The van der Waals surface area contributed by atoms with Crippen LogP contribution in [0.2, 0.25) is 0 Å². The topological polar surface area (TPSA) is 35.2 Å². The Morgan fingerprint density at radius 1 is 1.54 bits per heavy atom. The lowest BCUT2D eigenvalue weighted by Crippen LogP contribution is -2.09. The fraction of sp³-hybridized carbons (Fsp3) is 0.273. The Labute approximate surface area is 79.0 Å². The van der Waals surface area contributed by atoms with Crippen LogP contribution in [-0.2, 0) is 0 Å². The van der Waals surface area contributed by atoms with Gasteiger partial charge in [-0.05, 0) is 18.6 Å². The maximum absolute atomic E-state index is 5.87. The standard InChI is InChI=1S/C11H15NO/c1-4-9(12)11-8(2)6-5-7-10(11)13-3/h4-7,9H,1,12H2,2-3H3. The molecule has 1 atom stereocenters. The van der Waals surface area contributed by atoms with Gasteiger partial charge in [-0.3, -0.25) is 0 Å². The molecule has 0 spiro atoms. The molecule has 2 nitrogen and oxygen atoms in total. The highest BCUT2D eigenvalue weighted by atomic mass is 16.5. The Hall–Kier alpha value is -1.28. The van der Waals surface area contributed by atoms with Crippen LogP contribution in [0.4, 0.5) is 0 Å². The van der Waals surface area contributed by atoms with E-state index < -0.39 is 0 Å². The first-order valence-electron chi connectivity index (χ1n) is 4.22. The average Bonchev–Trinajstić information content (AvgIpc) is 2.16. The van der Waals surface area contributed by atoms with Crippen molar-refractivity contribution < 1.29 is 4.74 Å². The third-order valence-corrected chi connectivity index (χ3v) is 2.09. The molecule has 0 amide bonds. The van der Waals surface area contributed by atoms with E-state index in [4.69, 9.17) is 10.5 Å². The lowest BCUT2D eigenvalue weighted by atomic mass is 10.0. The summed E-state index contributed by atoms with van der Waals surface area (Å²) in [4.78, 5) is 0. The van der Waals surface area contributed by atoms with E-state index in [1.807, 2.05) is 25.1 Å². The summed E-state index contributed by atoms with van der Waals surface area (Å²) < 4.78 is 5.22. The Kier molecular flexibility index (Phi) is 3.09. The number of ether oxygens (including phenoxy) is 1. The molecule has 0 aliphatic rings. The summed E-state index contributed by atoms with van der Waals surface area (Å²) in [5.74, 6) is 0.826. The van der Waals surface area contributed by atoms with Crippen LogP contribution in [-0.4, -0.2) is 7.11 Å². The highest BCUT2D eigenvalue weighted by Crippen LogP contribution is 2.27. The second kappa shape index (κ2) is 4.10. The second-order valence-electron chi connectivity index (χ2n) is 2.95. The first kappa shape index (κ1) is 9.81.